The maximum absolute atomic E-state index is 11.7. The quantitative estimate of drug-likeness (QED) is 0.720. The fraction of sp³-hybridized carbons (Fsp3) is 0.600. The Labute approximate surface area is 132 Å². The minimum Gasteiger partial charge on any atom is -0.385 e. The molecule has 1 heterocycles. The molecule has 0 spiro atoms. The Balaban J connectivity index is 2.07. The van der Waals surface area contributed by atoms with E-state index in [1.807, 2.05) is 24.3 Å². The number of rotatable bonds is 7. The lowest BCUT2D eigenvalue weighted by molar-refractivity contribution is 0.150. The molecule has 0 aromatic heterocycles. The van der Waals surface area contributed by atoms with Crippen molar-refractivity contribution in [2.45, 2.75) is 25.4 Å². The van der Waals surface area contributed by atoms with Gasteiger partial charge >= 0.3 is 0 Å². The third kappa shape index (κ3) is 4.95. The second-order valence-corrected chi connectivity index (χ2v) is 8.10. The van der Waals surface area contributed by atoms with Crippen LogP contribution in [-0.4, -0.2) is 51.1 Å². The average molecular weight is 332 g/mol. The monoisotopic (exact) mass is 331 g/mol. The predicted molar refractivity (Wildman–Crippen MR) is 85.4 cm³/mol. The lowest BCUT2D eigenvalue weighted by Gasteiger charge is -2.28. The minimum absolute atomic E-state index is 0.0862. The first-order valence-electron chi connectivity index (χ1n) is 7.18. The summed E-state index contributed by atoms with van der Waals surface area (Å²) in [6, 6.07) is 7.81. The van der Waals surface area contributed by atoms with Gasteiger partial charge in [0.1, 0.15) is 0 Å². The SMILES string of the molecule is COCCCN(Cc1ccccc1Cl)[C@H]1CCS(=O)(=O)C1. The molecule has 0 saturated carbocycles. The van der Waals surface area contributed by atoms with Crippen LogP contribution in [0.5, 0.6) is 0 Å². The second kappa shape index (κ2) is 7.58. The van der Waals surface area contributed by atoms with Crippen molar-refractivity contribution in [2.24, 2.45) is 0 Å². The largest absolute Gasteiger partial charge is 0.385 e. The number of sulfone groups is 1. The lowest BCUT2D eigenvalue weighted by Crippen LogP contribution is -2.37. The van der Waals surface area contributed by atoms with Gasteiger partial charge in [-0.05, 0) is 24.5 Å². The number of halogens is 1. The van der Waals surface area contributed by atoms with Crippen LogP contribution in [0.3, 0.4) is 0 Å². The first-order valence-corrected chi connectivity index (χ1v) is 9.38. The summed E-state index contributed by atoms with van der Waals surface area (Å²) in [6.45, 7) is 2.18. The first kappa shape index (κ1) is 16.7. The zero-order valence-electron chi connectivity index (χ0n) is 12.3. The van der Waals surface area contributed by atoms with E-state index in [0.29, 0.717) is 25.3 Å². The van der Waals surface area contributed by atoms with Crippen LogP contribution in [0.2, 0.25) is 5.02 Å². The number of ether oxygens (including phenoxy) is 1. The van der Waals surface area contributed by atoms with E-state index in [0.717, 1.165) is 23.6 Å². The summed E-state index contributed by atoms with van der Waals surface area (Å²) < 4.78 is 28.5. The van der Waals surface area contributed by atoms with Crippen molar-refractivity contribution in [1.29, 1.82) is 0 Å². The number of methoxy groups -OCH3 is 1. The molecule has 1 saturated heterocycles. The Bertz CT molecular complexity index is 562. The molecular weight excluding hydrogens is 310 g/mol. The van der Waals surface area contributed by atoms with Crippen LogP contribution in [0.25, 0.3) is 0 Å². The van der Waals surface area contributed by atoms with Crippen LogP contribution in [0.4, 0.5) is 0 Å². The Hall–Kier alpha value is -0.620. The third-order valence-electron chi connectivity index (χ3n) is 3.85. The number of hydrogen-bond acceptors (Lipinski definition) is 4. The van der Waals surface area contributed by atoms with Gasteiger partial charge in [0, 0.05) is 37.9 Å². The second-order valence-electron chi connectivity index (χ2n) is 5.47. The minimum atomic E-state index is -2.88. The fourth-order valence-corrected chi connectivity index (χ4v) is 4.67. The molecular formula is C15H22ClNO3S. The Kier molecular flexibility index (Phi) is 6.05. The van der Waals surface area contributed by atoms with E-state index in [9.17, 15) is 8.42 Å². The van der Waals surface area contributed by atoms with Gasteiger partial charge in [-0.25, -0.2) is 8.42 Å². The maximum Gasteiger partial charge on any atom is 0.151 e. The van der Waals surface area contributed by atoms with Gasteiger partial charge in [-0.1, -0.05) is 29.8 Å². The Morgan fingerprint density at radius 3 is 2.76 bits per heavy atom. The molecule has 4 nitrogen and oxygen atoms in total. The number of nitrogens with zero attached hydrogens (tertiary/aromatic N) is 1. The molecule has 0 amide bonds. The van der Waals surface area contributed by atoms with Gasteiger partial charge in [-0.15, -0.1) is 0 Å². The molecule has 0 aliphatic carbocycles. The molecule has 0 unspecified atom stereocenters. The molecule has 1 aliphatic rings. The van der Waals surface area contributed by atoms with E-state index >= 15 is 0 Å². The van der Waals surface area contributed by atoms with Crippen LogP contribution in [-0.2, 0) is 21.1 Å². The van der Waals surface area contributed by atoms with Crippen molar-refractivity contribution in [3.8, 4) is 0 Å². The molecule has 118 valence electrons. The van der Waals surface area contributed by atoms with Gasteiger partial charge in [-0.2, -0.15) is 0 Å². The molecule has 0 N–H and O–H groups in total. The fourth-order valence-electron chi connectivity index (χ4n) is 2.71. The van der Waals surface area contributed by atoms with Gasteiger partial charge < -0.3 is 4.74 Å². The highest BCUT2D eigenvalue weighted by Gasteiger charge is 2.32. The van der Waals surface area contributed by atoms with Crippen molar-refractivity contribution in [2.75, 3.05) is 31.8 Å². The normalized spacial score (nSPS) is 21.0. The van der Waals surface area contributed by atoms with Gasteiger partial charge in [0.05, 0.1) is 11.5 Å². The Morgan fingerprint density at radius 1 is 1.38 bits per heavy atom. The highest BCUT2D eigenvalue weighted by Crippen LogP contribution is 2.23. The van der Waals surface area contributed by atoms with Crippen molar-refractivity contribution in [3.05, 3.63) is 34.9 Å². The summed E-state index contributed by atoms with van der Waals surface area (Å²) in [6.07, 6.45) is 1.59. The summed E-state index contributed by atoms with van der Waals surface area (Å²) in [5.74, 6) is 0.547. The number of benzene rings is 1. The van der Waals surface area contributed by atoms with E-state index in [1.54, 1.807) is 7.11 Å². The standard InChI is InChI=1S/C15H22ClNO3S/c1-20-9-4-8-17(14-7-10-21(18,19)12-14)11-13-5-2-3-6-15(13)16/h2-3,5-6,14H,4,7-12H2,1H3/t14-/m0/s1. The molecule has 1 aliphatic heterocycles. The predicted octanol–water partition coefficient (Wildman–Crippen LogP) is 2.37. The molecule has 21 heavy (non-hydrogen) atoms. The molecule has 1 aromatic rings. The van der Waals surface area contributed by atoms with Crippen molar-refractivity contribution in [3.63, 3.8) is 0 Å². The van der Waals surface area contributed by atoms with Crippen LogP contribution in [0.1, 0.15) is 18.4 Å². The molecule has 0 bridgehead atoms. The smallest absolute Gasteiger partial charge is 0.151 e. The van der Waals surface area contributed by atoms with E-state index in [1.165, 1.54) is 0 Å². The van der Waals surface area contributed by atoms with E-state index in [4.69, 9.17) is 16.3 Å². The molecule has 2 rings (SSSR count). The zero-order chi connectivity index (χ0) is 15.3. The van der Waals surface area contributed by atoms with Crippen molar-refractivity contribution < 1.29 is 13.2 Å². The van der Waals surface area contributed by atoms with Crippen LogP contribution in [0, 0.1) is 0 Å². The van der Waals surface area contributed by atoms with Crippen molar-refractivity contribution >= 4 is 21.4 Å². The molecule has 6 heteroatoms. The molecule has 1 fully saturated rings. The zero-order valence-corrected chi connectivity index (χ0v) is 13.9. The van der Waals surface area contributed by atoms with Gasteiger partial charge in [-0.3, -0.25) is 4.90 Å². The summed E-state index contributed by atoms with van der Waals surface area (Å²) in [7, 11) is -1.20. The molecule has 0 radical (unpaired) electrons. The first-order chi connectivity index (χ1) is 10.0. The summed E-state index contributed by atoms with van der Waals surface area (Å²) in [5.41, 5.74) is 1.04. The van der Waals surface area contributed by atoms with Crippen molar-refractivity contribution in [1.82, 2.24) is 4.90 Å². The highest BCUT2D eigenvalue weighted by molar-refractivity contribution is 7.91. The van der Waals surface area contributed by atoms with E-state index < -0.39 is 9.84 Å². The van der Waals surface area contributed by atoms with Gasteiger partial charge in [0.15, 0.2) is 9.84 Å². The number of hydrogen-bond donors (Lipinski definition) is 0. The maximum atomic E-state index is 11.7. The molecule has 1 atom stereocenters. The summed E-state index contributed by atoms with van der Waals surface area (Å²) in [5, 5.41) is 0.732. The van der Waals surface area contributed by atoms with Crippen LogP contribution in [0.15, 0.2) is 24.3 Å². The Morgan fingerprint density at radius 2 is 2.14 bits per heavy atom. The van der Waals surface area contributed by atoms with Crippen LogP contribution < -0.4 is 0 Å². The van der Waals surface area contributed by atoms with Gasteiger partial charge in [0.2, 0.25) is 0 Å². The van der Waals surface area contributed by atoms with Gasteiger partial charge in [0.25, 0.3) is 0 Å². The highest BCUT2D eigenvalue weighted by atomic mass is 35.5. The average Bonchev–Trinajstić information content (AvgIpc) is 2.80. The summed E-state index contributed by atoms with van der Waals surface area (Å²) in [4.78, 5) is 2.23. The summed E-state index contributed by atoms with van der Waals surface area (Å²) >= 11 is 6.22. The van der Waals surface area contributed by atoms with E-state index in [2.05, 4.69) is 4.90 Å². The lowest BCUT2D eigenvalue weighted by atomic mass is 10.1. The topological polar surface area (TPSA) is 46.6 Å². The van der Waals surface area contributed by atoms with Crippen LogP contribution >= 0.6 is 11.6 Å². The molecule has 1 aromatic carbocycles. The third-order valence-corrected chi connectivity index (χ3v) is 5.97. The van der Waals surface area contributed by atoms with E-state index in [-0.39, 0.29) is 11.8 Å².